The van der Waals surface area contributed by atoms with Crippen LogP contribution in [0.1, 0.15) is 5.56 Å². The molecule has 1 fully saturated rings. The summed E-state index contributed by atoms with van der Waals surface area (Å²) < 4.78 is 5.37. The van der Waals surface area contributed by atoms with Gasteiger partial charge in [0.1, 0.15) is 5.82 Å². The Kier molecular flexibility index (Phi) is 3.71. The second-order valence-electron chi connectivity index (χ2n) is 3.77. The van der Waals surface area contributed by atoms with Crippen molar-refractivity contribution in [3.63, 3.8) is 0 Å². The zero-order chi connectivity index (χ0) is 11.4. The summed E-state index contributed by atoms with van der Waals surface area (Å²) in [5, 5.41) is 18.3. The zero-order valence-corrected chi connectivity index (χ0v) is 9.04. The summed E-state index contributed by atoms with van der Waals surface area (Å²) in [6.07, 6.45) is 1.54. The van der Waals surface area contributed by atoms with Gasteiger partial charge in [-0.05, 0) is 6.07 Å². The summed E-state index contributed by atoms with van der Waals surface area (Å²) in [6, 6.07) is 3.66. The first-order valence-corrected chi connectivity index (χ1v) is 5.37. The fourth-order valence-electron chi connectivity index (χ4n) is 1.86. The molecule has 0 aromatic carbocycles. The Balaban J connectivity index is 2.16. The molecule has 1 unspecified atom stereocenters. The van der Waals surface area contributed by atoms with Gasteiger partial charge in [-0.1, -0.05) is 6.07 Å². The lowest BCUT2D eigenvalue weighted by Crippen LogP contribution is -2.44. The van der Waals surface area contributed by atoms with Gasteiger partial charge in [-0.25, -0.2) is 4.98 Å². The average Bonchev–Trinajstić information content (AvgIpc) is 2.38. The molecule has 0 radical (unpaired) electrons. The molecule has 0 spiro atoms. The molecule has 5 heteroatoms. The van der Waals surface area contributed by atoms with Gasteiger partial charge in [-0.2, -0.15) is 0 Å². The Morgan fingerprint density at radius 2 is 2.38 bits per heavy atom. The molecule has 1 aromatic heterocycles. The molecule has 2 heterocycles. The molecule has 16 heavy (non-hydrogen) atoms. The van der Waals surface area contributed by atoms with Crippen LogP contribution in [0.4, 0.5) is 5.82 Å². The minimum absolute atomic E-state index is 0.0117. The Morgan fingerprint density at radius 3 is 3.12 bits per heavy atom. The highest BCUT2D eigenvalue weighted by Crippen LogP contribution is 2.19. The van der Waals surface area contributed by atoms with Crippen LogP contribution in [-0.4, -0.2) is 47.6 Å². The first-order chi connectivity index (χ1) is 7.85. The number of aliphatic hydroxyl groups excluding tert-OH is 2. The maximum Gasteiger partial charge on any atom is 0.134 e. The third kappa shape index (κ3) is 2.32. The van der Waals surface area contributed by atoms with Gasteiger partial charge < -0.3 is 19.8 Å². The van der Waals surface area contributed by atoms with Crippen LogP contribution < -0.4 is 4.90 Å². The first kappa shape index (κ1) is 11.3. The van der Waals surface area contributed by atoms with Crippen LogP contribution in [0.15, 0.2) is 18.3 Å². The molecular weight excluding hydrogens is 208 g/mol. The van der Waals surface area contributed by atoms with Gasteiger partial charge in [0.15, 0.2) is 0 Å². The Morgan fingerprint density at radius 1 is 1.50 bits per heavy atom. The van der Waals surface area contributed by atoms with Crippen LogP contribution in [-0.2, 0) is 11.3 Å². The average molecular weight is 224 g/mol. The molecule has 1 saturated heterocycles. The van der Waals surface area contributed by atoms with Gasteiger partial charge in [0.25, 0.3) is 0 Å². The highest BCUT2D eigenvalue weighted by molar-refractivity contribution is 5.46. The van der Waals surface area contributed by atoms with Crippen molar-refractivity contribution < 1.29 is 14.9 Å². The second kappa shape index (κ2) is 5.25. The van der Waals surface area contributed by atoms with Crippen LogP contribution in [0.2, 0.25) is 0 Å². The molecule has 1 atom stereocenters. The van der Waals surface area contributed by atoms with E-state index in [2.05, 4.69) is 4.98 Å². The summed E-state index contributed by atoms with van der Waals surface area (Å²) in [5.41, 5.74) is 0.807. The molecule has 5 nitrogen and oxygen atoms in total. The Bertz CT molecular complexity index is 346. The van der Waals surface area contributed by atoms with E-state index in [1.165, 1.54) is 0 Å². The van der Waals surface area contributed by atoms with Crippen LogP contribution in [0.3, 0.4) is 0 Å². The fraction of sp³-hybridized carbons (Fsp3) is 0.545. The van der Waals surface area contributed by atoms with Crippen molar-refractivity contribution in [2.75, 3.05) is 31.2 Å². The van der Waals surface area contributed by atoms with Crippen molar-refractivity contribution in [3.8, 4) is 0 Å². The van der Waals surface area contributed by atoms with Gasteiger partial charge in [-0.15, -0.1) is 0 Å². The quantitative estimate of drug-likeness (QED) is 0.742. The number of aliphatic hydroxyl groups is 2. The van der Waals surface area contributed by atoms with Crippen LogP contribution in [0, 0.1) is 0 Å². The Labute approximate surface area is 94.3 Å². The van der Waals surface area contributed by atoms with Crippen molar-refractivity contribution in [3.05, 3.63) is 23.9 Å². The van der Waals surface area contributed by atoms with E-state index in [-0.39, 0.29) is 19.3 Å². The van der Waals surface area contributed by atoms with E-state index in [9.17, 15) is 5.11 Å². The van der Waals surface area contributed by atoms with E-state index >= 15 is 0 Å². The number of aromatic nitrogens is 1. The van der Waals surface area contributed by atoms with E-state index < -0.39 is 0 Å². The summed E-state index contributed by atoms with van der Waals surface area (Å²) in [4.78, 5) is 6.31. The van der Waals surface area contributed by atoms with Crippen LogP contribution >= 0.6 is 0 Å². The SMILES string of the molecule is OCc1cccnc1N1CCOC(CO)C1. The zero-order valence-electron chi connectivity index (χ0n) is 9.04. The molecule has 0 aliphatic carbocycles. The second-order valence-corrected chi connectivity index (χ2v) is 3.77. The van der Waals surface area contributed by atoms with E-state index in [0.29, 0.717) is 13.2 Å². The maximum atomic E-state index is 9.22. The Hall–Kier alpha value is -1.17. The standard InChI is InChI=1S/C11H16N2O3/c14-7-9-2-1-3-12-11(9)13-4-5-16-10(6-13)8-15/h1-3,10,14-15H,4-8H2. The van der Waals surface area contributed by atoms with E-state index in [4.69, 9.17) is 9.84 Å². The fourth-order valence-corrected chi connectivity index (χ4v) is 1.86. The van der Waals surface area contributed by atoms with Gasteiger partial charge in [-0.3, -0.25) is 0 Å². The third-order valence-electron chi connectivity index (χ3n) is 2.68. The summed E-state index contributed by atoms with van der Waals surface area (Å²) in [5.74, 6) is 0.784. The number of pyridine rings is 1. The molecule has 0 saturated carbocycles. The van der Waals surface area contributed by atoms with Crippen molar-refractivity contribution in [1.29, 1.82) is 0 Å². The molecule has 2 N–H and O–H groups in total. The summed E-state index contributed by atoms with van der Waals surface area (Å²) >= 11 is 0. The minimum atomic E-state index is -0.165. The predicted octanol–water partition coefficient (Wildman–Crippen LogP) is -0.229. The lowest BCUT2D eigenvalue weighted by atomic mass is 10.2. The predicted molar refractivity (Wildman–Crippen MR) is 59.2 cm³/mol. The number of ether oxygens (including phenoxy) is 1. The molecule has 1 aliphatic rings. The maximum absolute atomic E-state index is 9.22. The minimum Gasteiger partial charge on any atom is -0.394 e. The van der Waals surface area contributed by atoms with Crippen molar-refractivity contribution in [2.45, 2.75) is 12.7 Å². The van der Waals surface area contributed by atoms with Gasteiger partial charge in [0.05, 0.1) is 25.9 Å². The molecule has 88 valence electrons. The first-order valence-electron chi connectivity index (χ1n) is 5.37. The molecule has 0 amide bonds. The largest absolute Gasteiger partial charge is 0.394 e. The number of anilines is 1. The van der Waals surface area contributed by atoms with Gasteiger partial charge in [0.2, 0.25) is 0 Å². The van der Waals surface area contributed by atoms with Crippen molar-refractivity contribution >= 4 is 5.82 Å². The number of nitrogens with zero attached hydrogens (tertiary/aromatic N) is 2. The lowest BCUT2D eigenvalue weighted by Gasteiger charge is -2.33. The third-order valence-corrected chi connectivity index (χ3v) is 2.68. The molecule has 2 rings (SSSR count). The lowest BCUT2D eigenvalue weighted by molar-refractivity contribution is 0.00327. The van der Waals surface area contributed by atoms with Gasteiger partial charge in [0, 0.05) is 24.8 Å². The van der Waals surface area contributed by atoms with E-state index in [1.54, 1.807) is 12.3 Å². The molecule has 1 aliphatic heterocycles. The highest BCUT2D eigenvalue weighted by atomic mass is 16.5. The summed E-state index contributed by atoms with van der Waals surface area (Å²) in [6.45, 7) is 1.91. The monoisotopic (exact) mass is 224 g/mol. The number of hydrogen-bond acceptors (Lipinski definition) is 5. The van der Waals surface area contributed by atoms with Crippen LogP contribution in [0.5, 0.6) is 0 Å². The van der Waals surface area contributed by atoms with E-state index in [1.807, 2.05) is 11.0 Å². The van der Waals surface area contributed by atoms with E-state index in [0.717, 1.165) is 17.9 Å². The normalized spacial score (nSPS) is 21.1. The van der Waals surface area contributed by atoms with Crippen LogP contribution in [0.25, 0.3) is 0 Å². The highest BCUT2D eigenvalue weighted by Gasteiger charge is 2.22. The van der Waals surface area contributed by atoms with Crippen molar-refractivity contribution in [1.82, 2.24) is 4.98 Å². The topological polar surface area (TPSA) is 65.8 Å². The number of hydrogen-bond donors (Lipinski definition) is 2. The number of rotatable bonds is 3. The summed E-state index contributed by atoms with van der Waals surface area (Å²) in [7, 11) is 0. The number of morpholine rings is 1. The molecule has 1 aromatic rings. The molecule has 0 bridgehead atoms. The smallest absolute Gasteiger partial charge is 0.134 e. The van der Waals surface area contributed by atoms with Gasteiger partial charge >= 0.3 is 0 Å². The molecular formula is C11H16N2O3. The van der Waals surface area contributed by atoms with Crippen molar-refractivity contribution in [2.24, 2.45) is 0 Å².